The van der Waals surface area contributed by atoms with Crippen LogP contribution in [0.15, 0.2) is 15.6 Å². The van der Waals surface area contributed by atoms with Gasteiger partial charge in [-0.15, -0.1) is 24.0 Å². The Balaban J connectivity index is 0.00000128. The summed E-state index contributed by atoms with van der Waals surface area (Å²) in [7, 11) is 0. The summed E-state index contributed by atoms with van der Waals surface area (Å²) in [6.45, 7) is 2.54. The molecule has 16 heavy (non-hydrogen) atoms. The van der Waals surface area contributed by atoms with Crippen LogP contribution in [-0.2, 0) is 6.42 Å². The van der Waals surface area contributed by atoms with Gasteiger partial charge in [-0.1, -0.05) is 5.16 Å². The molecule has 0 saturated heterocycles. The predicted octanol–water partition coefficient (Wildman–Crippen LogP) is 1.21. The average Bonchev–Trinajstić information content (AvgIpc) is 2.89. The van der Waals surface area contributed by atoms with Crippen molar-refractivity contribution in [2.24, 2.45) is 10.7 Å². The Kier molecular flexibility index (Phi) is 5.04. The molecule has 1 heterocycles. The van der Waals surface area contributed by atoms with Crippen molar-refractivity contribution >= 4 is 29.9 Å². The number of nitrogens with one attached hydrogen (secondary N) is 1. The van der Waals surface area contributed by atoms with E-state index >= 15 is 0 Å². The molecule has 0 aromatic carbocycles. The highest BCUT2D eigenvalue weighted by atomic mass is 127. The van der Waals surface area contributed by atoms with Gasteiger partial charge in [-0.2, -0.15) is 0 Å². The van der Waals surface area contributed by atoms with Gasteiger partial charge in [0.2, 0.25) is 0 Å². The van der Waals surface area contributed by atoms with Gasteiger partial charge in [0.15, 0.2) is 5.96 Å². The van der Waals surface area contributed by atoms with E-state index in [1.807, 2.05) is 13.0 Å². The normalized spacial score (nSPS) is 15.7. The summed E-state index contributed by atoms with van der Waals surface area (Å²) in [5.41, 5.74) is 6.58. The van der Waals surface area contributed by atoms with Gasteiger partial charge in [0.1, 0.15) is 5.76 Å². The summed E-state index contributed by atoms with van der Waals surface area (Å²) in [5, 5.41) is 6.93. The molecule has 1 saturated carbocycles. The molecular weight excluding hydrogens is 319 g/mol. The zero-order chi connectivity index (χ0) is 10.7. The van der Waals surface area contributed by atoms with E-state index in [0.717, 1.165) is 17.9 Å². The van der Waals surface area contributed by atoms with Gasteiger partial charge in [0.05, 0.1) is 5.69 Å². The molecule has 3 N–H and O–H groups in total. The van der Waals surface area contributed by atoms with Gasteiger partial charge in [-0.05, 0) is 19.8 Å². The Bertz CT molecular complexity index is 359. The number of aliphatic imine (C=N–C) groups is 1. The Labute approximate surface area is 112 Å². The van der Waals surface area contributed by atoms with Crippen LogP contribution in [0.1, 0.15) is 24.3 Å². The van der Waals surface area contributed by atoms with E-state index in [-0.39, 0.29) is 24.0 Å². The van der Waals surface area contributed by atoms with Crippen LogP contribution in [-0.4, -0.2) is 23.7 Å². The van der Waals surface area contributed by atoms with E-state index in [2.05, 4.69) is 15.5 Å². The molecule has 0 spiro atoms. The average molecular weight is 336 g/mol. The van der Waals surface area contributed by atoms with Crippen LogP contribution in [0.25, 0.3) is 0 Å². The van der Waals surface area contributed by atoms with Crippen LogP contribution >= 0.6 is 24.0 Å². The van der Waals surface area contributed by atoms with E-state index in [1.165, 1.54) is 12.8 Å². The molecule has 1 aliphatic rings. The maximum absolute atomic E-state index is 5.68. The summed E-state index contributed by atoms with van der Waals surface area (Å²) >= 11 is 0. The molecule has 6 heteroatoms. The minimum Gasteiger partial charge on any atom is -0.370 e. The Morgan fingerprint density at radius 3 is 3.00 bits per heavy atom. The molecule has 0 bridgehead atoms. The number of guanidine groups is 1. The summed E-state index contributed by atoms with van der Waals surface area (Å²) in [4.78, 5) is 4.20. The largest absolute Gasteiger partial charge is 0.370 e. The first-order valence-electron chi connectivity index (χ1n) is 5.22. The first kappa shape index (κ1) is 13.3. The summed E-state index contributed by atoms with van der Waals surface area (Å²) in [6, 6.07) is 2.47. The molecule has 2 rings (SSSR count). The van der Waals surface area contributed by atoms with Gasteiger partial charge < -0.3 is 15.6 Å². The third-order valence-electron chi connectivity index (χ3n) is 2.25. The number of aryl methyl sites for hydroxylation is 1. The number of hydrogen-bond donors (Lipinski definition) is 2. The van der Waals surface area contributed by atoms with Gasteiger partial charge in [0, 0.05) is 25.1 Å². The second-order valence-electron chi connectivity index (χ2n) is 3.87. The van der Waals surface area contributed by atoms with Crippen molar-refractivity contribution in [3.63, 3.8) is 0 Å². The third-order valence-corrected chi connectivity index (χ3v) is 2.25. The first-order chi connectivity index (χ1) is 7.24. The van der Waals surface area contributed by atoms with E-state index in [4.69, 9.17) is 10.3 Å². The lowest BCUT2D eigenvalue weighted by Gasteiger charge is -2.01. The topological polar surface area (TPSA) is 76.4 Å². The van der Waals surface area contributed by atoms with Crippen molar-refractivity contribution in [1.29, 1.82) is 0 Å². The lowest BCUT2D eigenvalue weighted by Crippen LogP contribution is -2.33. The highest BCUT2D eigenvalue weighted by Crippen LogP contribution is 2.17. The van der Waals surface area contributed by atoms with Crippen LogP contribution in [0.4, 0.5) is 0 Å². The van der Waals surface area contributed by atoms with E-state index in [1.54, 1.807) is 0 Å². The monoisotopic (exact) mass is 336 g/mol. The Morgan fingerprint density at radius 1 is 1.69 bits per heavy atom. The SMILES string of the molecule is Cc1cc(CCN=C(N)NC2CC2)on1.I. The third kappa shape index (κ3) is 4.38. The number of aromatic nitrogens is 1. The maximum atomic E-state index is 5.68. The van der Waals surface area contributed by atoms with Crippen molar-refractivity contribution in [2.75, 3.05) is 6.54 Å². The second kappa shape index (κ2) is 6.07. The molecule has 5 nitrogen and oxygen atoms in total. The first-order valence-corrected chi connectivity index (χ1v) is 5.22. The number of nitrogens with zero attached hydrogens (tertiary/aromatic N) is 2. The van der Waals surface area contributed by atoms with Crippen molar-refractivity contribution in [1.82, 2.24) is 10.5 Å². The molecule has 1 aromatic rings. The zero-order valence-corrected chi connectivity index (χ0v) is 11.6. The minimum atomic E-state index is 0. The molecule has 1 aromatic heterocycles. The smallest absolute Gasteiger partial charge is 0.188 e. The van der Waals surface area contributed by atoms with Crippen molar-refractivity contribution in [3.8, 4) is 0 Å². The van der Waals surface area contributed by atoms with Gasteiger partial charge >= 0.3 is 0 Å². The Morgan fingerprint density at radius 2 is 2.44 bits per heavy atom. The number of hydrogen-bond acceptors (Lipinski definition) is 3. The van der Waals surface area contributed by atoms with E-state index in [0.29, 0.717) is 18.5 Å². The highest BCUT2D eigenvalue weighted by molar-refractivity contribution is 14.0. The van der Waals surface area contributed by atoms with Crippen molar-refractivity contribution in [2.45, 2.75) is 32.2 Å². The summed E-state index contributed by atoms with van der Waals surface area (Å²) in [6.07, 6.45) is 3.16. The predicted molar refractivity (Wildman–Crippen MR) is 73.0 cm³/mol. The quantitative estimate of drug-likeness (QED) is 0.492. The molecule has 90 valence electrons. The molecular formula is C10H17IN4O. The van der Waals surface area contributed by atoms with Crippen LogP contribution < -0.4 is 11.1 Å². The lowest BCUT2D eigenvalue weighted by atomic mass is 10.3. The molecule has 0 aliphatic heterocycles. The van der Waals surface area contributed by atoms with Gasteiger partial charge in [0.25, 0.3) is 0 Å². The highest BCUT2D eigenvalue weighted by Gasteiger charge is 2.21. The fourth-order valence-electron chi connectivity index (χ4n) is 1.30. The van der Waals surface area contributed by atoms with Crippen molar-refractivity contribution < 1.29 is 4.52 Å². The standard InChI is InChI=1S/C10H16N4O.HI/c1-7-6-9(15-14-7)4-5-12-10(11)13-8-2-3-8;/h6,8H,2-5H2,1H3,(H3,11,12,13);1H. The fourth-order valence-corrected chi connectivity index (χ4v) is 1.30. The second-order valence-corrected chi connectivity index (χ2v) is 3.87. The lowest BCUT2D eigenvalue weighted by molar-refractivity contribution is 0.381. The number of halogens is 1. The van der Waals surface area contributed by atoms with Gasteiger partial charge in [-0.25, -0.2) is 0 Å². The number of nitrogens with two attached hydrogens (primary N) is 1. The van der Waals surface area contributed by atoms with Crippen LogP contribution in [0.5, 0.6) is 0 Å². The van der Waals surface area contributed by atoms with Gasteiger partial charge in [-0.3, -0.25) is 4.99 Å². The molecule has 0 unspecified atom stereocenters. The molecule has 0 atom stereocenters. The van der Waals surface area contributed by atoms with E-state index in [9.17, 15) is 0 Å². The summed E-state index contributed by atoms with van der Waals surface area (Å²) in [5.74, 6) is 1.39. The van der Waals surface area contributed by atoms with Crippen molar-refractivity contribution in [3.05, 3.63) is 17.5 Å². The number of rotatable bonds is 4. The summed E-state index contributed by atoms with van der Waals surface area (Å²) < 4.78 is 5.06. The van der Waals surface area contributed by atoms with Crippen LogP contribution in [0, 0.1) is 6.92 Å². The Hall–Kier alpha value is -0.790. The molecule has 0 radical (unpaired) electrons. The van der Waals surface area contributed by atoms with Crippen LogP contribution in [0.3, 0.4) is 0 Å². The molecule has 0 amide bonds. The molecule has 1 fully saturated rings. The van der Waals surface area contributed by atoms with Crippen LogP contribution in [0.2, 0.25) is 0 Å². The molecule has 1 aliphatic carbocycles. The fraction of sp³-hybridized carbons (Fsp3) is 0.600. The zero-order valence-electron chi connectivity index (χ0n) is 9.27. The maximum Gasteiger partial charge on any atom is 0.188 e. The minimum absolute atomic E-state index is 0. The van der Waals surface area contributed by atoms with E-state index < -0.39 is 0 Å².